The van der Waals surface area contributed by atoms with Gasteiger partial charge in [0.25, 0.3) is 0 Å². The Morgan fingerprint density at radius 2 is 1.75 bits per heavy atom. The third-order valence-corrected chi connectivity index (χ3v) is 3.11. The molecule has 0 spiro atoms. The Morgan fingerprint density at radius 3 is 2.20 bits per heavy atom. The number of carboxylic acids is 1. The number of rotatable bonds is 7. The zero-order valence-electron chi connectivity index (χ0n) is 12.6. The molecular formula is C15H22O5. The van der Waals surface area contributed by atoms with Crippen molar-refractivity contribution in [2.45, 2.75) is 32.6 Å². The van der Waals surface area contributed by atoms with Crippen molar-refractivity contribution >= 4 is 5.97 Å². The lowest BCUT2D eigenvalue weighted by atomic mass is 9.81. The van der Waals surface area contributed by atoms with Crippen LogP contribution >= 0.6 is 0 Å². The Kier molecular flexibility index (Phi) is 5.25. The van der Waals surface area contributed by atoms with Gasteiger partial charge in [-0.1, -0.05) is 13.8 Å². The maximum atomic E-state index is 11.0. The first kappa shape index (κ1) is 16.1. The van der Waals surface area contributed by atoms with E-state index in [9.17, 15) is 4.79 Å². The van der Waals surface area contributed by atoms with E-state index in [4.69, 9.17) is 19.3 Å². The standard InChI is InChI=1S/C15H22O5/c1-6-20-13-7-10(15(2,3)9-14(16)17)11(18-4)8-12(13)19-5/h7-8H,6,9H2,1-5H3,(H,16,17). The van der Waals surface area contributed by atoms with Crippen LogP contribution in [0.2, 0.25) is 0 Å². The highest BCUT2D eigenvalue weighted by molar-refractivity contribution is 5.69. The number of aliphatic carboxylic acids is 1. The Balaban J connectivity index is 3.36. The SMILES string of the molecule is CCOc1cc(C(C)(C)CC(=O)O)c(OC)cc1OC. The summed E-state index contributed by atoms with van der Waals surface area (Å²) in [7, 11) is 3.11. The lowest BCUT2D eigenvalue weighted by molar-refractivity contribution is -0.138. The van der Waals surface area contributed by atoms with Crippen molar-refractivity contribution in [3.8, 4) is 17.2 Å². The van der Waals surface area contributed by atoms with Crippen molar-refractivity contribution in [2.24, 2.45) is 0 Å². The molecule has 1 aromatic rings. The van der Waals surface area contributed by atoms with Crippen LogP contribution in [0.1, 0.15) is 32.8 Å². The molecule has 1 rings (SSSR count). The summed E-state index contributed by atoms with van der Waals surface area (Å²) in [5.74, 6) is 0.894. The Morgan fingerprint density at radius 1 is 1.15 bits per heavy atom. The normalized spacial score (nSPS) is 11.1. The number of carboxylic acid groups (broad SMARTS) is 1. The minimum absolute atomic E-state index is 0.00124. The molecular weight excluding hydrogens is 260 g/mol. The van der Waals surface area contributed by atoms with Crippen molar-refractivity contribution in [1.82, 2.24) is 0 Å². The van der Waals surface area contributed by atoms with Gasteiger partial charge in [-0.05, 0) is 13.0 Å². The summed E-state index contributed by atoms with van der Waals surface area (Å²) in [6, 6.07) is 3.52. The minimum atomic E-state index is -0.856. The lowest BCUT2D eigenvalue weighted by Gasteiger charge is -2.26. The molecule has 0 bridgehead atoms. The quantitative estimate of drug-likeness (QED) is 0.833. The van der Waals surface area contributed by atoms with Gasteiger partial charge in [-0.25, -0.2) is 0 Å². The van der Waals surface area contributed by atoms with E-state index in [-0.39, 0.29) is 6.42 Å². The molecule has 1 aromatic carbocycles. The van der Waals surface area contributed by atoms with Gasteiger partial charge in [-0.3, -0.25) is 4.79 Å². The van der Waals surface area contributed by atoms with Crippen LogP contribution in [0.4, 0.5) is 0 Å². The van der Waals surface area contributed by atoms with Crippen molar-refractivity contribution in [1.29, 1.82) is 0 Å². The molecule has 5 heteroatoms. The summed E-state index contributed by atoms with van der Waals surface area (Å²) in [6.07, 6.45) is 0.00124. The van der Waals surface area contributed by atoms with Crippen LogP contribution in [0.5, 0.6) is 17.2 Å². The highest BCUT2D eigenvalue weighted by Crippen LogP contribution is 2.41. The van der Waals surface area contributed by atoms with Crippen LogP contribution in [-0.4, -0.2) is 31.9 Å². The van der Waals surface area contributed by atoms with Crippen molar-refractivity contribution in [3.63, 3.8) is 0 Å². The average Bonchev–Trinajstić information content (AvgIpc) is 2.37. The van der Waals surface area contributed by atoms with Crippen molar-refractivity contribution in [2.75, 3.05) is 20.8 Å². The zero-order valence-corrected chi connectivity index (χ0v) is 12.6. The van der Waals surface area contributed by atoms with Crippen LogP contribution in [0, 0.1) is 0 Å². The van der Waals surface area contributed by atoms with E-state index in [0.717, 1.165) is 5.56 Å². The molecule has 0 saturated heterocycles. The number of hydrogen-bond donors (Lipinski definition) is 1. The molecule has 0 amide bonds. The van der Waals surface area contributed by atoms with E-state index in [1.807, 2.05) is 20.8 Å². The molecule has 0 unspecified atom stereocenters. The smallest absolute Gasteiger partial charge is 0.304 e. The van der Waals surface area contributed by atoms with Gasteiger partial charge in [0, 0.05) is 17.0 Å². The molecule has 0 aromatic heterocycles. The van der Waals surface area contributed by atoms with Crippen molar-refractivity contribution < 1.29 is 24.1 Å². The summed E-state index contributed by atoms with van der Waals surface area (Å²) in [6.45, 7) is 6.11. The van der Waals surface area contributed by atoms with Gasteiger partial charge in [-0.15, -0.1) is 0 Å². The molecule has 5 nitrogen and oxygen atoms in total. The van der Waals surface area contributed by atoms with E-state index in [0.29, 0.717) is 23.9 Å². The molecule has 0 saturated carbocycles. The van der Waals surface area contributed by atoms with E-state index < -0.39 is 11.4 Å². The van der Waals surface area contributed by atoms with E-state index in [1.54, 1.807) is 26.4 Å². The molecule has 0 radical (unpaired) electrons. The van der Waals surface area contributed by atoms with Crippen LogP contribution in [0.3, 0.4) is 0 Å². The van der Waals surface area contributed by atoms with E-state index in [2.05, 4.69) is 0 Å². The molecule has 1 N–H and O–H groups in total. The van der Waals surface area contributed by atoms with Gasteiger partial charge in [-0.2, -0.15) is 0 Å². The first-order valence-electron chi connectivity index (χ1n) is 6.46. The molecule has 0 fully saturated rings. The number of benzene rings is 1. The molecule has 20 heavy (non-hydrogen) atoms. The van der Waals surface area contributed by atoms with Crippen LogP contribution in [0.25, 0.3) is 0 Å². The molecule has 0 aliphatic heterocycles. The summed E-state index contributed by atoms with van der Waals surface area (Å²) < 4.78 is 16.2. The van der Waals surface area contributed by atoms with Gasteiger partial charge in [0.2, 0.25) is 0 Å². The topological polar surface area (TPSA) is 65.0 Å². The second-order valence-corrected chi connectivity index (χ2v) is 5.09. The first-order chi connectivity index (χ1) is 9.35. The molecule has 0 heterocycles. The van der Waals surface area contributed by atoms with Gasteiger partial charge in [0.15, 0.2) is 11.5 Å². The fraction of sp³-hybridized carbons (Fsp3) is 0.533. The maximum absolute atomic E-state index is 11.0. The fourth-order valence-electron chi connectivity index (χ4n) is 2.14. The number of ether oxygens (including phenoxy) is 3. The monoisotopic (exact) mass is 282 g/mol. The van der Waals surface area contributed by atoms with E-state index in [1.165, 1.54) is 0 Å². The van der Waals surface area contributed by atoms with Gasteiger partial charge < -0.3 is 19.3 Å². The molecule has 112 valence electrons. The molecule has 0 aliphatic carbocycles. The van der Waals surface area contributed by atoms with Crippen molar-refractivity contribution in [3.05, 3.63) is 17.7 Å². The van der Waals surface area contributed by atoms with Gasteiger partial charge >= 0.3 is 5.97 Å². The second kappa shape index (κ2) is 6.50. The maximum Gasteiger partial charge on any atom is 0.304 e. The molecule has 0 aliphatic rings. The number of hydrogen-bond acceptors (Lipinski definition) is 4. The van der Waals surface area contributed by atoms with Gasteiger partial charge in [0.1, 0.15) is 5.75 Å². The number of methoxy groups -OCH3 is 2. The van der Waals surface area contributed by atoms with Gasteiger partial charge in [0.05, 0.1) is 27.2 Å². The van der Waals surface area contributed by atoms with Crippen LogP contribution in [-0.2, 0) is 10.2 Å². The first-order valence-corrected chi connectivity index (χ1v) is 6.46. The highest BCUT2D eigenvalue weighted by atomic mass is 16.5. The summed E-state index contributed by atoms with van der Waals surface area (Å²) in [5, 5.41) is 9.05. The summed E-state index contributed by atoms with van der Waals surface area (Å²) >= 11 is 0. The Labute approximate surface area is 119 Å². The Bertz CT molecular complexity index is 479. The van der Waals surface area contributed by atoms with E-state index >= 15 is 0 Å². The van der Waals surface area contributed by atoms with Crippen LogP contribution in [0.15, 0.2) is 12.1 Å². The second-order valence-electron chi connectivity index (χ2n) is 5.09. The lowest BCUT2D eigenvalue weighted by Crippen LogP contribution is -2.22. The summed E-state index contributed by atoms with van der Waals surface area (Å²) in [4.78, 5) is 11.0. The third-order valence-electron chi connectivity index (χ3n) is 3.11. The third kappa shape index (κ3) is 3.56. The van der Waals surface area contributed by atoms with Crippen LogP contribution < -0.4 is 14.2 Å². The number of carbonyl (C=O) groups is 1. The predicted molar refractivity (Wildman–Crippen MR) is 76.0 cm³/mol. The Hall–Kier alpha value is -1.91. The molecule has 0 atom stereocenters. The minimum Gasteiger partial charge on any atom is -0.496 e. The zero-order chi connectivity index (χ0) is 15.3. The largest absolute Gasteiger partial charge is 0.496 e. The average molecular weight is 282 g/mol. The predicted octanol–water partition coefficient (Wildman–Crippen LogP) is 2.85. The fourth-order valence-corrected chi connectivity index (χ4v) is 2.14. The highest BCUT2D eigenvalue weighted by Gasteiger charge is 2.29. The summed E-state index contributed by atoms with van der Waals surface area (Å²) in [5.41, 5.74) is 0.210.